The van der Waals surface area contributed by atoms with Crippen molar-refractivity contribution in [2.24, 2.45) is 9.98 Å². The number of hydrogen-bond acceptors (Lipinski definition) is 2. The molecule has 2 aliphatic carbocycles. The van der Waals surface area contributed by atoms with Crippen molar-refractivity contribution in [3.05, 3.63) is 130 Å². The van der Waals surface area contributed by atoms with Crippen molar-refractivity contribution >= 4 is 23.0 Å². The van der Waals surface area contributed by atoms with Crippen LogP contribution < -0.4 is 10.6 Å². The quantitative estimate of drug-likeness (QED) is 0.221. The van der Waals surface area contributed by atoms with Gasteiger partial charge in [0.15, 0.2) is 11.7 Å². The van der Waals surface area contributed by atoms with Crippen LogP contribution >= 0.6 is 0 Å². The third-order valence-electron chi connectivity index (χ3n) is 7.63. The monoisotopic (exact) mass is 498 g/mol. The lowest BCUT2D eigenvalue weighted by Crippen LogP contribution is -2.31. The molecule has 2 atom stereocenters. The van der Waals surface area contributed by atoms with E-state index in [4.69, 9.17) is 9.98 Å². The number of aliphatic imine (C=N–C) groups is 2. The largest absolute Gasteiger partial charge is 0.337 e. The van der Waals surface area contributed by atoms with Crippen LogP contribution in [0.5, 0.6) is 0 Å². The zero-order valence-corrected chi connectivity index (χ0v) is 22.1. The Kier molecular flexibility index (Phi) is 6.78. The van der Waals surface area contributed by atoms with Crippen LogP contribution in [0.2, 0.25) is 0 Å². The Labute approximate surface area is 225 Å². The van der Waals surface area contributed by atoms with Crippen LogP contribution in [0.3, 0.4) is 0 Å². The highest BCUT2D eigenvalue weighted by Gasteiger charge is 2.26. The summed E-state index contributed by atoms with van der Waals surface area (Å²) in [6.07, 6.45) is 4.11. The van der Waals surface area contributed by atoms with Gasteiger partial charge in [0.1, 0.15) is 0 Å². The van der Waals surface area contributed by atoms with Crippen molar-refractivity contribution < 1.29 is 0 Å². The number of fused-ring (bicyclic) bond motifs is 2. The molecule has 4 nitrogen and oxygen atoms in total. The van der Waals surface area contributed by atoms with Crippen LogP contribution in [-0.2, 0) is 12.8 Å². The Morgan fingerprint density at radius 1 is 0.553 bits per heavy atom. The molecule has 0 amide bonds. The zero-order valence-electron chi connectivity index (χ0n) is 22.1. The van der Waals surface area contributed by atoms with Crippen LogP contribution in [-0.4, -0.2) is 11.7 Å². The molecule has 0 aliphatic heterocycles. The highest BCUT2D eigenvalue weighted by Crippen LogP contribution is 2.36. The van der Waals surface area contributed by atoms with Crippen molar-refractivity contribution in [2.45, 2.75) is 51.6 Å². The van der Waals surface area contributed by atoms with Gasteiger partial charge in [0.05, 0.1) is 12.1 Å². The average Bonchev–Trinajstić information content (AvgIpc) is 3.54. The van der Waals surface area contributed by atoms with Gasteiger partial charge in [0, 0.05) is 11.4 Å². The molecule has 190 valence electrons. The average molecular weight is 499 g/mol. The first-order valence-corrected chi connectivity index (χ1v) is 13.6. The van der Waals surface area contributed by atoms with E-state index < -0.39 is 0 Å². The summed E-state index contributed by atoms with van der Waals surface area (Å²) in [7, 11) is 0. The SMILES string of the molecule is Cc1ccc(NC(=N[C@H]2CCc3ccccc32)C(=N[C@@H]2CCc3ccccc32)Nc2ccc(C)cc2)cc1. The number of amidine groups is 2. The minimum atomic E-state index is 0.0973. The van der Waals surface area contributed by atoms with Gasteiger partial charge in [-0.05, 0) is 86.1 Å². The number of anilines is 2. The smallest absolute Gasteiger partial charge is 0.169 e. The van der Waals surface area contributed by atoms with Crippen LogP contribution in [0.25, 0.3) is 0 Å². The molecule has 0 unspecified atom stereocenters. The topological polar surface area (TPSA) is 48.8 Å². The molecule has 0 spiro atoms. The maximum absolute atomic E-state index is 5.36. The van der Waals surface area contributed by atoms with Crippen LogP contribution in [0.15, 0.2) is 107 Å². The molecule has 4 aromatic rings. The normalized spacial score (nSPS) is 18.7. The van der Waals surface area contributed by atoms with E-state index in [1.54, 1.807) is 0 Å². The number of benzene rings is 4. The van der Waals surface area contributed by atoms with Gasteiger partial charge in [-0.2, -0.15) is 0 Å². The van der Waals surface area contributed by atoms with E-state index in [1.807, 2.05) is 0 Å². The van der Waals surface area contributed by atoms with E-state index in [0.29, 0.717) is 0 Å². The first-order chi connectivity index (χ1) is 18.6. The fraction of sp³-hybridized carbons (Fsp3) is 0.235. The molecule has 0 radical (unpaired) electrons. The van der Waals surface area contributed by atoms with E-state index in [0.717, 1.165) is 48.7 Å². The molecule has 2 aliphatic rings. The minimum absolute atomic E-state index is 0.0973. The summed E-state index contributed by atoms with van der Waals surface area (Å²) in [5.41, 5.74) is 9.89. The molecule has 4 heteroatoms. The molecule has 4 aromatic carbocycles. The van der Waals surface area contributed by atoms with Crippen molar-refractivity contribution in [2.75, 3.05) is 10.6 Å². The van der Waals surface area contributed by atoms with Crippen LogP contribution in [0.4, 0.5) is 11.4 Å². The first-order valence-electron chi connectivity index (χ1n) is 13.6. The molecule has 0 bridgehead atoms. The number of rotatable bonds is 4. The Balaban J connectivity index is 1.44. The summed E-state index contributed by atoms with van der Waals surface area (Å²) in [5.74, 6) is 1.56. The van der Waals surface area contributed by atoms with Gasteiger partial charge < -0.3 is 10.6 Å². The Morgan fingerprint density at radius 2 is 0.947 bits per heavy atom. The number of nitrogens with one attached hydrogen (secondary N) is 2. The first kappa shape index (κ1) is 24.2. The van der Waals surface area contributed by atoms with Gasteiger partial charge >= 0.3 is 0 Å². The number of hydrogen-bond donors (Lipinski definition) is 2. The Bertz CT molecular complexity index is 1370. The molecular weight excluding hydrogens is 464 g/mol. The predicted octanol–water partition coefficient (Wildman–Crippen LogP) is 8.00. The van der Waals surface area contributed by atoms with Gasteiger partial charge in [0.2, 0.25) is 0 Å². The lowest BCUT2D eigenvalue weighted by atomic mass is 10.1. The molecule has 0 fully saturated rings. The van der Waals surface area contributed by atoms with E-state index >= 15 is 0 Å². The third-order valence-corrected chi connectivity index (χ3v) is 7.63. The van der Waals surface area contributed by atoms with Crippen molar-refractivity contribution in [1.29, 1.82) is 0 Å². The molecule has 0 aromatic heterocycles. The summed E-state index contributed by atoms with van der Waals surface area (Å²) in [6, 6.07) is 34.5. The summed E-state index contributed by atoms with van der Waals surface area (Å²) in [6.45, 7) is 4.22. The Morgan fingerprint density at radius 3 is 1.37 bits per heavy atom. The van der Waals surface area contributed by atoms with Gasteiger partial charge in [-0.1, -0.05) is 83.9 Å². The summed E-state index contributed by atoms with van der Waals surface area (Å²) >= 11 is 0. The standard InChI is InChI=1S/C34H34N4/c1-23-11-17-27(18-12-23)35-33(37-31-21-15-25-7-3-5-9-29(25)31)34(36-28-19-13-24(2)14-20-28)38-32-22-16-26-8-4-6-10-30(26)32/h3-14,17-20,31-32H,15-16,21-22H2,1-2H3,(H,35,37)(H,36,38)/t31-,32+. The maximum Gasteiger partial charge on any atom is 0.169 e. The molecule has 6 rings (SSSR count). The second-order valence-corrected chi connectivity index (χ2v) is 10.4. The summed E-state index contributed by atoms with van der Waals surface area (Å²) < 4.78 is 0. The van der Waals surface area contributed by atoms with Gasteiger partial charge in [-0.25, -0.2) is 0 Å². The second kappa shape index (κ2) is 10.7. The molecule has 38 heavy (non-hydrogen) atoms. The molecule has 0 saturated heterocycles. The van der Waals surface area contributed by atoms with E-state index in [2.05, 4.69) is 122 Å². The lowest BCUT2D eigenvalue weighted by molar-refractivity contribution is 0.711. The van der Waals surface area contributed by atoms with Crippen LogP contribution in [0.1, 0.15) is 58.3 Å². The highest BCUT2D eigenvalue weighted by atomic mass is 15.1. The van der Waals surface area contributed by atoms with E-state index in [1.165, 1.54) is 33.4 Å². The van der Waals surface area contributed by atoms with Gasteiger partial charge in [-0.15, -0.1) is 0 Å². The maximum atomic E-state index is 5.36. The van der Waals surface area contributed by atoms with E-state index in [9.17, 15) is 0 Å². The van der Waals surface area contributed by atoms with E-state index in [-0.39, 0.29) is 12.1 Å². The Hall–Kier alpha value is -4.18. The van der Waals surface area contributed by atoms with Crippen molar-refractivity contribution in [3.8, 4) is 0 Å². The van der Waals surface area contributed by atoms with Crippen LogP contribution in [0, 0.1) is 13.8 Å². The highest BCUT2D eigenvalue weighted by molar-refractivity contribution is 6.48. The molecular formula is C34H34N4. The zero-order chi connectivity index (χ0) is 25.9. The molecule has 0 heterocycles. The summed E-state index contributed by atoms with van der Waals surface area (Å²) in [4.78, 5) is 10.7. The summed E-state index contributed by atoms with van der Waals surface area (Å²) in [5, 5.41) is 7.30. The van der Waals surface area contributed by atoms with Gasteiger partial charge in [0.25, 0.3) is 0 Å². The van der Waals surface area contributed by atoms with Gasteiger partial charge in [-0.3, -0.25) is 9.98 Å². The molecule has 2 N–H and O–H groups in total. The lowest BCUT2D eigenvalue weighted by Gasteiger charge is -2.19. The van der Waals surface area contributed by atoms with Crippen molar-refractivity contribution in [1.82, 2.24) is 0 Å². The van der Waals surface area contributed by atoms with Crippen molar-refractivity contribution in [3.63, 3.8) is 0 Å². The second-order valence-electron chi connectivity index (χ2n) is 10.4. The molecule has 0 saturated carbocycles. The predicted molar refractivity (Wildman–Crippen MR) is 159 cm³/mol. The number of nitrogens with zero attached hydrogens (tertiary/aromatic N) is 2. The fourth-order valence-electron chi connectivity index (χ4n) is 5.50. The number of aryl methyl sites for hydroxylation is 4. The third kappa shape index (κ3) is 5.26. The fourth-order valence-corrected chi connectivity index (χ4v) is 5.50. The minimum Gasteiger partial charge on any atom is -0.337 e.